The number of carbonyl (C=O) groups excluding carboxylic acids is 1. The van der Waals surface area contributed by atoms with Gasteiger partial charge in [0.2, 0.25) is 5.91 Å². The van der Waals surface area contributed by atoms with Crippen molar-refractivity contribution in [3.8, 4) is 0 Å². The van der Waals surface area contributed by atoms with Gasteiger partial charge in [0.25, 0.3) is 0 Å². The maximum Gasteiger partial charge on any atom is 0.239 e. The Balaban J connectivity index is 1.80. The van der Waals surface area contributed by atoms with Gasteiger partial charge in [-0.2, -0.15) is 0 Å². The minimum Gasteiger partial charge on any atom is -0.375 e. The fourth-order valence-electron chi connectivity index (χ4n) is 1.80. The summed E-state index contributed by atoms with van der Waals surface area (Å²) < 4.78 is 0.966. The van der Waals surface area contributed by atoms with Crippen LogP contribution in [0.1, 0.15) is 11.1 Å². The van der Waals surface area contributed by atoms with Gasteiger partial charge >= 0.3 is 0 Å². The van der Waals surface area contributed by atoms with Crippen molar-refractivity contribution in [2.24, 2.45) is 0 Å². The molecule has 0 saturated carbocycles. The quantitative estimate of drug-likeness (QED) is 0.879. The van der Waals surface area contributed by atoms with Crippen molar-refractivity contribution in [2.45, 2.75) is 13.5 Å². The van der Waals surface area contributed by atoms with E-state index in [9.17, 15) is 4.79 Å². The highest BCUT2D eigenvalue weighted by atomic mass is 79.9. The van der Waals surface area contributed by atoms with E-state index in [0.29, 0.717) is 6.54 Å². The van der Waals surface area contributed by atoms with Gasteiger partial charge in [0.15, 0.2) is 0 Å². The summed E-state index contributed by atoms with van der Waals surface area (Å²) in [5, 5.41) is 6.00. The van der Waals surface area contributed by atoms with Gasteiger partial charge in [-0.05, 0) is 46.1 Å². The Bertz CT molecular complexity index is 584. The Morgan fingerprint density at radius 2 is 1.90 bits per heavy atom. The number of hydrogen-bond acceptors (Lipinski definition) is 2. The van der Waals surface area contributed by atoms with Gasteiger partial charge in [-0.1, -0.05) is 36.4 Å². The molecule has 0 bridgehead atoms. The number of rotatable bonds is 5. The van der Waals surface area contributed by atoms with E-state index in [0.717, 1.165) is 15.7 Å². The molecule has 0 saturated heterocycles. The van der Waals surface area contributed by atoms with Crippen LogP contribution in [0.25, 0.3) is 0 Å². The van der Waals surface area contributed by atoms with Gasteiger partial charge in [-0.15, -0.1) is 0 Å². The molecule has 2 aromatic carbocycles. The summed E-state index contributed by atoms with van der Waals surface area (Å²) in [5.74, 6) is -0.0265. The van der Waals surface area contributed by atoms with Crippen LogP contribution in [0, 0.1) is 6.92 Å². The molecule has 0 fully saturated rings. The molecule has 104 valence electrons. The van der Waals surface area contributed by atoms with E-state index in [1.807, 2.05) is 55.5 Å². The minimum absolute atomic E-state index is 0.0265. The summed E-state index contributed by atoms with van der Waals surface area (Å²) in [6, 6.07) is 15.9. The predicted molar refractivity (Wildman–Crippen MR) is 85.7 cm³/mol. The Morgan fingerprint density at radius 1 is 1.15 bits per heavy atom. The normalized spacial score (nSPS) is 10.1. The van der Waals surface area contributed by atoms with Crippen molar-refractivity contribution in [1.29, 1.82) is 0 Å². The molecule has 1 amide bonds. The summed E-state index contributed by atoms with van der Waals surface area (Å²) in [5.41, 5.74) is 3.19. The minimum atomic E-state index is -0.0265. The Morgan fingerprint density at radius 3 is 2.60 bits per heavy atom. The first-order chi connectivity index (χ1) is 9.65. The molecule has 0 heterocycles. The second-order valence-corrected chi connectivity index (χ2v) is 5.45. The van der Waals surface area contributed by atoms with Crippen molar-refractivity contribution in [2.75, 3.05) is 11.9 Å². The van der Waals surface area contributed by atoms with Crippen molar-refractivity contribution in [1.82, 2.24) is 5.32 Å². The zero-order chi connectivity index (χ0) is 14.4. The molecule has 0 aliphatic rings. The Hall–Kier alpha value is -1.81. The second-order valence-electron chi connectivity index (χ2n) is 4.60. The average molecular weight is 333 g/mol. The van der Waals surface area contributed by atoms with Crippen molar-refractivity contribution >= 4 is 27.5 Å². The van der Waals surface area contributed by atoms with Crippen LogP contribution in [-0.4, -0.2) is 12.5 Å². The largest absolute Gasteiger partial charge is 0.375 e. The predicted octanol–water partition coefficient (Wildman–Crippen LogP) is 3.49. The Labute approximate surface area is 127 Å². The van der Waals surface area contributed by atoms with Crippen LogP contribution in [-0.2, 0) is 11.3 Å². The van der Waals surface area contributed by atoms with E-state index in [1.165, 1.54) is 5.56 Å². The van der Waals surface area contributed by atoms with E-state index in [1.54, 1.807) is 0 Å². The first-order valence-corrected chi connectivity index (χ1v) is 7.25. The molecular weight excluding hydrogens is 316 g/mol. The number of nitrogens with one attached hydrogen (secondary N) is 2. The van der Waals surface area contributed by atoms with Crippen LogP contribution >= 0.6 is 15.9 Å². The van der Waals surface area contributed by atoms with Gasteiger partial charge < -0.3 is 10.6 Å². The zero-order valence-corrected chi connectivity index (χ0v) is 12.9. The molecule has 0 unspecified atom stereocenters. The van der Waals surface area contributed by atoms with Gasteiger partial charge in [-0.25, -0.2) is 0 Å². The van der Waals surface area contributed by atoms with Gasteiger partial charge in [0, 0.05) is 16.7 Å². The third-order valence-electron chi connectivity index (χ3n) is 2.90. The number of benzene rings is 2. The smallest absolute Gasteiger partial charge is 0.239 e. The summed E-state index contributed by atoms with van der Waals surface area (Å²) in [6.07, 6.45) is 0. The third kappa shape index (κ3) is 4.38. The molecule has 0 radical (unpaired) electrons. The van der Waals surface area contributed by atoms with Crippen molar-refractivity contribution in [3.05, 3.63) is 64.1 Å². The van der Waals surface area contributed by atoms with E-state index in [2.05, 4.69) is 26.6 Å². The lowest BCUT2D eigenvalue weighted by Gasteiger charge is -2.10. The van der Waals surface area contributed by atoms with E-state index < -0.39 is 0 Å². The van der Waals surface area contributed by atoms with Crippen LogP contribution < -0.4 is 10.6 Å². The molecule has 20 heavy (non-hydrogen) atoms. The molecule has 0 spiro atoms. The summed E-state index contributed by atoms with van der Waals surface area (Å²) in [4.78, 5) is 11.8. The summed E-state index contributed by atoms with van der Waals surface area (Å²) in [7, 11) is 0. The van der Waals surface area contributed by atoms with Crippen molar-refractivity contribution < 1.29 is 4.79 Å². The highest BCUT2D eigenvalue weighted by Crippen LogP contribution is 2.22. The zero-order valence-electron chi connectivity index (χ0n) is 11.3. The SMILES string of the molecule is Cc1ccc(NCC(=O)NCc2ccccc2)c(Br)c1. The highest BCUT2D eigenvalue weighted by molar-refractivity contribution is 9.10. The molecule has 2 aromatic rings. The van der Waals surface area contributed by atoms with Crippen LogP contribution in [0.3, 0.4) is 0 Å². The lowest BCUT2D eigenvalue weighted by atomic mass is 10.2. The van der Waals surface area contributed by atoms with Gasteiger partial charge in [0.1, 0.15) is 0 Å². The van der Waals surface area contributed by atoms with Crippen LogP contribution in [0.4, 0.5) is 5.69 Å². The van der Waals surface area contributed by atoms with Crippen molar-refractivity contribution in [3.63, 3.8) is 0 Å². The molecule has 2 N–H and O–H groups in total. The fraction of sp³-hybridized carbons (Fsp3) is 0.188. The first-order valence-electron chi connectivity index (χ1n) is 6.46. The maximum absolute atomic E-state index is 11.8. The first kappa shape index (κ1) is 14.6. The number of carbonyl (C=O) groups is 1. The Kier molecular flexibility index (Phi) is 5.18. The second kappa shape index (κ2) is 7.10. The van der Waals surface area contributed by atoms with Crippen LogP contribution in [0.5, 0.6) is 0 Å². The van der Waals surface area contributed by atoms with E-state index in [-0.39, 0.29) is 12.5 Å². The number of halogens is 1. The highest BCUT2D eigenvalue weighted by Gasteiger charge is 2.03. The summed E-state index contributed by atoms with van der Waals surface area (Å²) in [6.45, 7) is 2.84. The monoisotopic (exact) mass is 332 g/mol. The number of anilines is 1. The van der Waals surface area contributed by atoms with E-state index >= 15 is 0 Å². The van der Waals surface area contributed by atoms with Crippen LogP contribution in [0.2, 0.25) is 0 Å². The molecular formula is C16H17BrN2O. The average Bonchev–Trinajstić information content (AvgIpc) is 2.45. The number of hydrogen-bond donors (Lipinski definition) is 2. The molecule has 0 aliphatic carbocycles. The molecule has 0 atom stereocenters. The maximum atomic E-state index is 11.8. The number of amides is 1. The third-order valence-corrected chi connectivity index (χ3v) is 3.55. The van der Waals surface area contributed by atoms with Gasteiger partial charge in [0.05, 0.1) is 6.54 Å². The molecule has 2 rings (SSSR count). The van der Waals surface area contributed by atoms with Crippen LogP contribution in [0.15, 0.2) is 53.0 Å². The standard InChI is InChI=1S/C16H17BrN2O/c1-12-7-8-15(14(17)9-12)18-11-16(20)19-10-13-5-3-2-4-6-13/h2-9,18H,10-11H2,1H3,(H,19,20). The summed E-state index contributed by atoms with van der Waals surface area (Å²) >= 11 is 3.48. The topological polar surface area (TPSA) is 41.1 Å². The fourth-order valence-corrected chi connectivity index (χ4v) is 2.43. The molecule has 0 aromatic heterocycles. The molecule has 4 heteroatoms. The van der Waals surface area contributed by atoms with E-state index in [4.69, 9.17) is 0 Å². The lowest BCUT2D eigenvalue weighted by molar-refractivity contribution is -0.119. The number of aryl methyl sites for hydroxylation is 1. The molecule has 3 nitrogen and oxygen atoms in total. The van der Waals surface area contributed by atoms with Gasteiger partial charge in [-0.3, -0.25) is 4.79 Å². The lowest BCUT2D eigenvalue weighted by Crippen LogP contribution is -2.29. The molecule has 0 aliphatic heterocycles.